The van der Waals surface area contributed by atoms with E-state index in [2.05, 4.69) is 82.3 Å². The first kappa shape index (κ1) is 18.4. The van der Waals surface area contributed by atoms with E-state index in [9.17, 15) is 0 Å². The Kier molecular flexibility index (Phi) is 5.88. The van der Waals surface area contributed by atoms with E-state index < -0.39 is 0 Å². The molecule has 1 heteroatoms. The molecule has 0 bridgehead atoms. The second-order valence-electron chi connectivity index (χ2n) is 6.90. The normalized spacial score (nSPS) is 10.9. The maximum absolute atomic E-state index is 5.01. The first-order valence-corrected chi connectivity index (χ1v) is 9.90. The Balaban J connectivity index is 2.07. The predicted octanol–water partition coefficient (Wildman–Crippen LogP) is 6.67. The molecule has 0 spiro atoms. The summed E-state index contributed by atoms with van der Waals surface area (Å²) >= 11 is 0. The molecule has 0 aliphatic rings. The van der Waals surface area contributed by atoms with Crippen molar-refractivity contribution in [1.29, 1.82) is 0 Å². The number of hydrogen-bond donors (Lipinski definition) is 0. The third-order valence-corrected chi connectivity index (χ3v) is 5.08. The highest BCUT2D eigenvalue weighted by Gasteiger charge is 2.08. The molecule has 0 aliphatic carbocycles. The summed E-state index contributed by atoms with van der Waals surface area (Å²) in [6.07, 6.45) is 4.22. The molecule has 0 amide bonds. The van der Waals surface area contributed by atoms with Crippen LogP contribution in [0.3, 0.4) is 0 Å². The summed E-state index contributed by atoms with van der Waals surface area (Å²) < 4.78 is 0. The van der Waals surface area contributed by atoms with Gasteiger partial charge in [0.15, 0.2) is 0 Å². The van der Waals surface area contributed by atoms with Gasteiger partial charge in [-0.2, -0.15) is 0 Å². The molecule has 26 heavy (non-hydrogen) atoms. The van der Waals surface area contributed by atoms with Crippen LogP contribution in [0.5, 0.6) is 0 Å². The van der Waals surface area contributed by atoms with Gasteiger partial charge in [0, 0.05) is 11.1 Å². The van der Waals surface area contributed by atoms with Crippen molar-refractivity contribution in [3.05, 3.63) is 76.9 Å². The summed E-state index contributed by atoms with van der Waals surface area (Å²) in [5.74, 6) is 0. The Labute approximate surface area is 158 Å². The molecule has 3 aromatic rings. The van der Waals surface area contributed by atoms with E-state index in [0.717, 1.165) is 37.1 Å². The highest BCUT2D eigenvalue weighted by Crippen LogP contribution is 2.26. The lowest BCUT2D eigenvalue weighted by atomic mass is 9.98. The zero-order valence-electron chi connectivity index (χ0n) is 16.5. The lowest BCUT2D eigenvalue weighted by Crippen LogP contribution is -1.94. The average Bonchev–Trinajstić information content (AvgIpc) is 2.72. The number of hydrogen-bond acceptors (Lipinski definition) is 1. The third-order valence-electron chi connectivity index (χ3n) is 5.08. The molecule has 3 rings (SSSR count). The summed E-state index contributed by atoms with van der Waals surface area (Å²) in [5.41, 5.74) is 10.1. The van der Waals surface area contributed by atoms with E-state index in [-0.39, 0.29) is 0 Å². The number of benzene rings is 2. The van der Waals surface area contributed by atoms with Gasteiger partial charge in [0.1, 0.15) is 0 Å². The van der Waals surface area contributed by atoms with Crippen molar-refractivity contribution < 1.29 is 0 Å². The van der Waals surface area contributed by atoms with Gasteiger partial charge < -0.3 is 0 Å². The largest absolute Gasteiger partial charge is 0.248 e. The monoisotopic (exact) mass is 343 g/mol. The van der Waals surface area contributed by atoms with Crippen LogP contribution in [0, 0.1) is 0 Å². The highest BCUT2D eigenvalue weighted by molar-refractivity contribution is 5.68. The van der Waals surface area contributed by atoms with Crippen LogP contribution in [-0.2, 0) is 25.7 Å². The highest BCUT2D eigenvalue weighted by atomic mass is 14.7. The molecule has 0 atom stereocenters. The SMILES string of the molecule is CCc1cc(CC)cc(-c2cccc(-c3cc(CC)cc(CC)c3)n2)c1. The van der Waals surface area contributed by atoms with E-state index in [1.165, 1.54) is 33.4 Å². The van der Waals surface area contributed by atoms with Gasteiger partial charge in [0.2, 0.25) is 0 Å². The van der Waals surface area contributed by atoms with Crippen molar-refractivity contribution in [2.75, 3.05) is 0 Å². The van der Waals surface area contributed by atoms with Crippen LogP contribution in [0.4, 0.5) is 0 Å². The molecular weight excluding hydrogens is 314 g/mol. The Morgan fingerprint density at radius 1 is 0.538 bits per heavy atom. The first-order valence-electron chi connectivity index (χ1n) is 9.90. The maximum atomic E-state index is 5.01. The van der Waals surface area contributed by atoms with E-state index >= 15 is 0 Å². The Hall–Kier alpha value is -2.41. The van der Waals surface area contributed by atoms with Crippen LogP contribution < -0.4 is 0 Å². The molecule has 0 N–H and O–H groups in total. The van der Waals surface area contributed by atoms with Crippen LogP contribution >= 0.6 is 0 Å². The van der Waals surface area contributed by atoms with Crippen LogP contribution in [0.2, 0.25) is 0 Å². The molecule has 1 nitrogen and oxygen atoms in total. The fourth-order valence-corrected chi connectivity index (χ4v) is 3.39. The van der Waals surface area contributed by atoms with Crippen LogP contribution in [0.15, 0.2) is 54.6 Å². The fraction of sp³-hybridized carbons (Fsp3) is 0.320. The molecule has 0 radical (unpaired) electrons. The fourth-order valence-electron chi connectivity index (χ4n) is 3.39. The predicted molar refractivity (Wildman–Crippen MR) is 113 cm³/mol. The minimum Gasteiger partial charge on any atom is -0.248 e. The minimum absolute atomic E-state index is 1.05. The third kappa shape index (κ3) is 4.04. The molecule has 1 heterocycles. The zero-order valence-corrected chi connectivity index (χ0v) is 16.5. The van der Waals surface area contributed by atoms with Gasteiger partial charge in [-0.1, -0.05) is 45.9 Å². The Morgan fingerprint density at radius 2 is 0.885 bits per heavy atom. The molecule has 0 saturated heterocycles. The average molecular weight is 344 g/mol. The number of pyridine rings is 1. The second-order valence-corrected chi connectivity index (χ2v) is 6.90. The molecule has 0 fully saturated rings. The van der Waals surface area contributed by atoms with Gasteiger partial charge in [-0.25, -0.2) is 4.98 Å². The van der Waals surface area contributed by atoms with E-state index in [1.807, 2.05) is 0 Å². The smallest absolute Gasteiger partial charge is 0.0709 e. The van der Waals surface area contributed by atoms with Crippen molar-refractivity contribution in [2.24, 2.45) is 0 Å². The lowest BCUT2D eigenvalue weighted by molar-refractivity contribution is 1.08. The van der Waals surface area contributed by atoms with Crippen LogP contribution in [0.25, 0.3) is 22.5 Å². The van der Waals surface area contributed by atoms with Gasteiger partial charge >= 0.3 is 0 Å². The van der Waals surface area contributed by atoms with Gasteiger partial charge in [-0.05, 0) is 84.3 Å². The Morgan fingerprint density at radius 3 is 1.19 bits per heavy atom. The number of aryl methyl sites for hydroxylation is 4. The summed E-state index contributed by atoms with van der Waals surface area (Å²) in [4.78, 5) is 5.01. The molecular formula is C25H29N. The molecule has 0 saturated carbocycles. The van der Waals surface area contributed by atoms with Crippen LogP contribution in [-0.4, -0.2) is 4.98 Å². The van der Waals surface area contributed by atoms with Crippen molar-refractivity contribution in [3.63, 3.8) is 0 Å². The number of rotatable bonds is 6. The van der Waals surface area contributed by atoms with Crippen molar-refractivity contribution in [2.45, 2.75) is 53.4 Å². The van der Waals surface area contributed by atoms with E-state index in [1.54, 1.807) is 0 Å². The van der Waals surface area contributed by atoms with Crippen LogP contribution in [0.1, 0.15) is 49.9 Å². The molecule has 0 aliphatic heterocycles. The quantitative estimate of drug-likeness (QED) is 0.487. The first-order chi connectivity index (χ1) is 12.7. The molecule has 1 aromatic heterocycles. The van der Waals surface area contributed by atoms with Crippen molar-refractivity contribution in [1.82, 2.24) is 4.98 Å². The van der Waals surface area contributed by atoms with Crippen molar-refractivity contribution >= 4 is 0 Å². The van der Waals surface area contributed by atoms with Gasteiger partial charge in [0.05, 0.1) is 11.4 Å². The maximum Gasteiger partial charge on any atom is 0.0709 e. The Bertz CT molecular complexity index is 777. The zero-order chi connectivity index (χ0) is 18.5. The lowest BCUT2D eigenvalue weighted by Gasteiger charge is -2.11. The van der Waals surface area contributed by atoms with E-state index in [0.29, 0.717) is 0 Å². The topological polar surface area (TPSA) is 12.9 Å². The molecule has 2 aromatic carbocycles. The van der Waals surface area contributed by atoms with Crippen molar-refractivity contribution in [3.8, 4) is 22.5 Å². The van der Waals surface area contributed by atoms with E-state index in [4.69, 9.17) is 4.98 Å². The summed E-state index contributed by atoms with van der Waals surface area (Å²) in [5, 5.41) is 0. The van der Waals surface area contributed by atoms with Gasteiger partial charge in [-0.15, -0.1) is 0 Å². The molecule has 134 valence electrons. The molecule has 0 unspecified atom stereocenters. The van der Waals surface area contributed by atoms with Gasteiger partial charge in [0.25, 0.3) is 0 Å². The standard InChI is InChI=1S/C25H29N/c1-5-18-12-19(6-2)15-22(14-18)24-10-9-11-25(26-24)23-16-20(7-3)13-21(8-4)17-23/h9-17H,5-8H2,1-4H3. The minimum atomic E-state index is 1.05. The number of aromatic nitrogens is 1. The summed E-state index contributed by atoms with van der Waals surface area (Å²) in [6.45, 7) is 8.85. The van der Waals surface area contributed by atoms with Gasteiger partial charge in [-0.3, -0.25) is 0 Å². The summed E-state index contributed by atoms with van der Waals surface area (Å²) in [6, 6.07) is 20.1. The number of nitrogens with zero attached hydrogens (tertiary/aromatic N) is 1. The second kappa shape index (κ2) is 8.31. The summed E-state index contributed by atoms with van der Waals surface area (Å²) in [7, 11) is 0.